The molecule has 0 radical (unpaired) electrons. The predicted octanol–water partition coefficient (Wildman–Crippen LogP) is 0.954. The summed E-state index contributed by atoms with van der Waals surface area (Å²) in [5.74, 6) is 2.01. The molecule has 1 aromatic heterocycles. The molecule has 0 aromatic carbocycles. The van der Waals surface area contributed by atoms with Crippen molar-refractivity contribution >= 4 is 17.7 Å². The fourth-order valence-electron chi connectivity index (χ4n) is 1.69. The molecular weight excluding hydrogens is 224 g/mol. The van der Waals surface area contributed by atoms with Gasteiger partial charge in [0.05, 0.1) is 0 Å². The smallest absolute Gasteiger partial charge is 0.270 e. The maximum Gasteiger partial charge on any atom is 0.270 e. The molecule has 1 aliphatic rings. The number of pyridine rings is 1. The van der Waals surface area contributed by atoms with Crippen LogP contribution in [0.1, 0.15) is 16.9 Å². The van der Waals surface area contributed by atoms with Crippen molar-refractivity contribution in [3.63, 3.8) is 0 Å². The molecule has 4 nitrogen and oxygen atoms in total. The van der Waals surface area contributed by atoms with Crippen molar-refractivity contribution in [1.82, 2.24) is 9.88 Å². The van der Waals surface area contributed by atoms with Crippen LogP contribution in [-0.2, 0) is 0 Å². The van der Waals surface area contributed by atoms with E-state index in [-0.39, 0.29) is 11.5 Å². The van der Waals surface area contributed by atoms with Crippen molar-refractivity contribution < 1.29 is 4.79 Å². The Labute approximate surface area is 98.0 Å². The van der Waals surface area contributed by atoms with Gasteiger partial charge in [0.25, 0.3) is 5.91 Å². The lowest BCUT2D eigenvalue weighted by atomic mass is 10.3. The number of rotatable bonds is 1. The Hall–Kier alpha value is -1.23. The number of carbonyl (C=O) groups is 1. The number of hydrogen-bond acceptors (Lipinski definition) is 3. The first-order valence-corrected chi connectivity index (χ1v) is 6.49. The van der Waals surface area contributed by atoms with Crippen LogP contribution in [0.5, 0.6) is 0 Å². The predicted molar refractivity (Wildman–Crippen MR) is 64.9 cm³/mol. The third-order valence-corrected chi connectivity index (χ3v) is 3.56. The summed E-state index contributed by atoms with van der Waals surface area (Å²) in [6.07, 6.45) is 1.02. The Morgan fingerprint density at radius 3 is 3.00 bits per heavy atom. The van der Waals surface area contributed by atoms with Crippen LogP contribution >= 0.6 is 11.8 Å². The summed E-state index contributed by atoms with van der Waals surface area (Å²) in [4.78, 5) is 27.5. The van der Waals surface area contributed by atoms with Crippen molar-refractivity contribution in [2.24, 2.45) is 0 Å². The van der Waals surface area contributed by atoms with Crippen LogP contribution in [-0.4, -0.2) is 40.4 Å². The van der Waals surface area contributed by atoms with E-state index in [1.54, 1.807) is 12.1 Å². The topological polar surface area (TPSA) is 53.2 Å². The van der Waals surface area contributed by atoms with Crippen LogP contribution in [0, 0.1) is 0 Å². The van der Waals surface area contributed by atoms with Crippen LogP contribution < -0.4 is 5.56 Å². The molecule has 0 bridgehead atoms. The number of hydrogen-bond donors (Lipinski definition) is 1. The maximum absolute atomic E-state index is 12.1. The Bertz CT molecular complexity index is 422. The van der Waals surface area contributed by atoms with Crippen molar-refractivity contribution in [2.75, 3.05) is 24.6 Å². The highest BCUT2D eigenvalue weighted by atomic mass is 32.2. The van der Waals surface area contributed by atoms with Gasteiger partial charge in [0.2, 0.25) is 5.56 Å². The molecule has 86 valence electrons. The minimum atomic E-state index is -0.227. The Balaban J connectivity index is 2.14. The number of carbonyl (C=O) groups excluding carboxylic acids is 1. The number of nitrogens with one attached hydrogen (secondary N) is 1. The van der Waals surface area contributed by atoms with Gasteiger partial charge in [-0.25, -0.2) is 0 Å². The molecule has 1 N–H and O–H groups in total. The number of H-pyrrole nitrogens is 1. The molecular formula is C11H14N2O2S. The Morgan fingerprint density at radius 2 is 2.19 bits per heavy atom. The molecule has 0 atom stereocenters. The molecule has 1 aliphatic heterocycles. The monoisotopic (exact) mass is 238 g/mol. The van der Waals surface area contributed by atoms with Gasteiger partial charge >= 0.3 is 0 Å². The zero-order valence-electron chi connectivity index (χ0n) is 8.94. The second-order valence-electron chi connectivity index (χ2n) is 3.69. The Kier molecular flexibility index (Phi) is 3.66. The fourth-order valence-corrected chi connectivity index (χ4v) is 2.58. The molecule has 5 heteroatoms. The van der Waals surface area contributed by atoms with E-state index < -0.39 is 0 Å². The number of aromatic nitrogens is 1. The summed E-state index contributed by atoms with van der Waals surface area (Å²) in [6, 6.07) is 4.68. The minimum Gasteiger partial charge on any atom is -0.337 e. The second-order valence-corrected chi connectivity index (χ2v) is 4.91. The molecule has 2 heterocycles. The summed E-state index contributed by atoms with van der Waals surface area (Å²) in [5.41, 5.74) is 0.162. The normalized spacial score (nSPS) is 16.9. The lowest BCUT2D eigenvalue weighted by molar-refractivity contribution is 0.0762. The van der Waals surface area contributed by atoms with Gasteiger partial charge in [-0.1, -0.05) is 6.07 Å². The van der Waals surface area contributed by atoms with Gasteiger partial charge in [-0.05, 0) is 18.2 Å². The summed E-state index contributed by atoms with van der Waals surface area (Å²) in [7, 11) is 0. The molecule has 16 heavy (non-hydrogen) atoms. The van der Waals surface area contributed by atoms with Crippen molar-refractivity contribution in [3.8, 4) is 0 Å². The minimum absolute atomic E-state index is 0.0693. The summed E-state index contributed by atoms with van der Waals surface area (Å²) >= 11 is 1.87. The van der Waals surface area contributed by atoms with E-state index in [2.05, 4.69) is 4.98 Å². The third kappa shape index (κ3) is 2.66. The molecule has 1 aromatic rings. The maximum atomic E-state index is 12.1. The van der Waals surface area contributed by atoms with Gasteiger partial charge in [-0.3, -0.25) is 9.59 Å². The molecule has 1 saturated heterocycles. The van der Waals surface area contributed by atoms with Gasteiger partial charge in [-0.15, -0.1) is 0 Å². The summed E-state index contributed by atoms with van der Waals surface area (Å²) in [6.45, 7) is 1.54. The van der Waals surface area contributed by atoms with Crippen LogP contribution in [0.4, 0.5) is 0 Å². The van der Waals surface area contributed by atoms with Crippen LogP contribution in [0.25, 0.3) is 0 Å². The SMILES string of the molecule is O=C(c1cccc(=O)[nH]1)N1CCCSCC1. The lowest BCUT2D eigenvalue weighted by Crippen LogP contribution is -2.34. The molecule has 0 aliphatic carbocycles. The zero-order valence-corrected chi connectivity index (χ0v) is 9.76. The summed E-state index contributed by atoms with van der Waals surface area (Å²) < 4.78 is 0. The first-order chi connectivity index (χ1) is 7.77. The van der Waals surface area contributed by atoms with E-state index in [1.165, 1.54) is 6.07 Å². The van der Waals surface area contributed by atoms with E-state index in [1.807, 2.05) is 16.7 Å². The molecule has 0 unspecified atom stereocenters. The van der Waals surface area contributed by atoms with Crippen LogP contribution in [0.2, 0.25) is 0 Å². The molecule has 1 fully saturated rings. The van der Waals surface area contributed by atoms with Crippen molar-refractivity contribution in [1.29, 1.82) is 0 Å². The quantitative estimate of drug-likeness (QED) is 0.792. The molecule has 0 saturated carbocycles. The van der Waals surface area contributed by atoms with Crippen LogP contribution in [0.3, 0.4) is 0 Å². The Morgan fingerprint density at radius 1 is 1.31 bits per heavy atom. The van der Waals surface area contributed by atoms with Crippen molar-refractivity contribution in [2.45, 2.75) is 6.42 Å². The second kappa shape index (κ2) is 5.21. The number of aromatic amines is 1. The van der Waals surface area contributed by atoms with Gasteiger partial charge < -0.3 is 9.88 Å². The fraction of sp³-hybridized carbons (Fsp3) is 0.455. The van der Waals surface area contributed by atoms with Gasteiger partial charge in [0.15, 0.2) is 0 Å². The number of amides is 1. The van der Waals surface area contributed by atoms with E-state index in [9.17, 15) is 9.59 Å². The average molecular weight is 238 g/mol. The van der Waals surface area contributed by atoms with Crippen molar-refractivity contribution in [3.05, 3.63) is 34.2 Å². The largest absolute Gasteiger partial charge is 0.337 e. The standard InChI is InChI=1S/C11H14N2O2S/c14-10-4-1-3-9(12-10)11(15)13-5-2-7-16-8-6-13/h1,3-4H,2,5-8H2,(H,12,14). The molecule has 0 spiro atoms. The highest BCUT2D eigenvalue weighted by Crippen LogP contribution is 2.11. The number of nitrogens with zero attached hydrogens (tertiary/aromatic N) is 1. The lowest BCUT2D eigenvalue weighted by Gasteiger charge is -2.19. The van der Waals surface area contributed by atoms with Gasteiger partial charge in [-0.2, -0.15) is 11.8 Å². The van der Waals surface area contributed by atoms with E-state index in [4.69, 9.17) is 0 Å². The first kappa shape index (κ1) is 11.3. The van der Waals surface area contributed by atoms with E-state index in [0.29, 0.717) is 5.69 Å². The highest BCUT2D eigenvalue weighted by Gasteiger charge is 2.17. The van der Waals surface area contributed by atoms with Crippen LogP contribution in [0.15, 0.2) is 23.0 Å². The number of thioether (sulfide) groups is 1. The van der Waals surface area contributed by atoms with E-state index >= 15 is 0 Å². The molecule has 1 amide bonds. The van der Waals surface area contributed by atoms with E-state index in [0.717, 1.165) is 31.0 Å². The van der Waals surface area contributed by atoms with Gasteiger partial charge in [0.1, 0.15) is 5.69 Å². The van der Waals surface area contributed by atoms with Gasteiger partial charge in [0, 0.05) is 24.9 Å². The zero-order chi connectivity index (χ0) is 11.4. The average Bonchev–Trinajstić information content (AvgIpc) is 2.56. The summed E-state index contributed by atoms with van der Waals surface area (Å²) in [5, 5.41) is 0. The highest BCUT2D eigenvalue weighted by molar-refractivity contribution is 7.99. The first-order valence-electron chi connectivity index (χ1n) is 5.34. The molecule has 2 rings (SSSR count). The third-order valence-electron chi connectivity index (χ3n) is 2.51.